The number of hydrogen-bond donors (Lipinski definition) is 2. The molecule has 1 aromatic rings. The van der Waals surface area contributed by atoms with Crippen LogP contribution in [0.25, 0.3) is 0 Å². The molecule has 124 valence electrons. The van der Waals surface area contributed by atoms with E-state index in [1.807, 2.05) is 5.38 Å². The van der Waals surface area contributed by atoms with Crippen molar-refractivity contribution in [2.45, 2.75) is 19.1 Å². The Morgan fingerprint density at radius 1 is 1.64 bits per heavy atom. The lowest BCUT2D eigenvalue weighted by molar-refractivity contribution is -0.0108. The lowest BCUT2D eigenvalue weighted by Crippen LogP contribution is -2.49. The Hall–Kier alpha value is -1.00. The fraction of sp³-hybridized carbons (Fsp3) is 0.615. The van der Waals surface area contributed by atoms with Gasteiger partial charge in [-0.1, -0.05) is 6.07 Å². The summed E-state index contributed by atoms with van der Waals surface area (Å²) in [4.78, 5) is 14.5. The highest BCUT2D eigenvalue weighted by Crippen LogP contribution is 2.15. The summed E-state index contributed by atoms with van der Waals surface area (Å²) in [6.07, 6.45) is -1.32. The van der Waals surface area contributed by atoms with Crippen molar-refractivity contribution in [2.24, 2.45) is 0 Å². The predicted octanol–water partition coefficient (Wildman–Crippen LogP) is -0.111. The zero-order chi connectivity index (χ0) is 16.2. The lowest BCUT2D eigenvalue weighted by atomic mass is 10.3. The van der Waals surface area contributed by atoms with Gasteiger partial charge in [0.05, 0.1) is 29.4 Å². The molecule has 1 amide bonds. The highest BCUT2D eigenvalue weighted by Gasteiger charge is 2.29. The van der Waals surface area contributed by atoms with Crippen molar-refractivity contribution >= 4 is 27.3 Å². The summed E-state index contributed by atoms with van der Waals surface area (Å²) in [6.45, 7) is 2.47. The van der Waals surface area contributed by atoms with Gasteiger partial charge < -0.3 is 14.7 Å². The first-order valence-electron chi connectivity index (χ1n) is 6.97. The van der Waals surface area contributed by atoms with Gasteiger partial charge in [0, 0.05) is 19.6 Å². The van der Waals surface area contributed by atoms with Crippen LogP contribution in [-0.2, 0) is 14.8 Å². The van der Waals surface area contributed by atoms with Gasteiger partial charge in [-0.05, 0) is 18.4 Å². The molecule has 1 fully saturated rings. The topological polar surface area (TPSA) is 95.9 Å². The monoisotopic (exact) mass is 348 g/mol. The summed E-state index contributed by atoms with van der Waals surface area (Å²) < 4.78 is 31.6. The smallest absolute Gasteiger partial charge is 0.264 e. The standard InChI is InChI=1S/C13H20N2O5S2/c1-10(16)7-14-22(18,19)9-11-8-15(4-5-20-11)13(17)12-3-2-6-21-12/h2-3,6,10-11,14,16H,4-5,7-9H2,1H3/t10-,11-/m1/s1. The van der Waals surface area contributed by atoms with Crippen molar-refractivity contribution in [3.63, 3.8) is 0 Å². The van der Waals surface area contributed by atoms with E-state index in [1.165, 1.54) is 18.3 Å². The van der Waals surface area contributed by atoms with Crippen LogP contribution in [0.2, 0.25) is 0 Å². The van der Waals surface area contributed by atoms with Gasteiger partial charge in [-0.25, -0.2) is 13.1 Å². The van der Waals surface area contributed by atoms with E-state index in [0.29, 0.717) is 18.0 Å². The number of hydrogen-bond acceptors (Lipinski definition) is 6. The third-order valence-electron chi connectivity index (χ3n) is 3.16. The van der Waals surface area contributed by atoms with Crippen molar-refractivity contribution in [3.05, 3.63) is 22.4 Å². The summed E-state index contributed by atoms with van der Waals surface area (Å²) in [7, 11) is -3.55. The first kappa shape index (κ1) is 17.4. The summed E-state index contributed by atoms with van der Waals surface area (Å²) in [5.74, 6) is -0.328. The SMILES string of the molecule is C[C@@H](O)CNS(=O)(=O)C[C@H]1CN(C(=O)c2cccs2)CCO1. The molecule has 0 saturated carbocycles. The Labute approximate surface area is 133 Å². The third-order valence-corrected chi connectivity index (χ3v) is 5.44. The molecule has 1 aliphatic heterocycles. The number of aliphatic hydroxyl groups is 1. The minimum absolute atomic E-state index is 0.0348. The van der Waals surface area contributed by atoms with E-state index < -0.39 is 22.2 Å². The van der Waals surface area contributed by atoms with Crippen LogP contribution in [0.1, 0.15) is 16.6 Å². The molecule has 2 heterocycles. The van der Waals surface area contributed by atoms with Gasteiger partial charge in [0.15, 0.2) is 0 Å². The van der Waals surface area contributed by atoms with Gasteiger partial charge in [0.2, 0.25) is 10.0 Å². The number of aliphatic hydroxyl groups excluding tert-OH is 1. The van der Waals surface area contributed by atoms with E-state index in [4.69, 9.17) is 9.84 Å². The summed E-state index contributed by atoms with van der Waals surface area (Å²) in [6, 6.07) is 3.55. The Morgan fingerprint density at radius 2 is 2.41 bits per heavy atom. The fourth-order valence-corrected chi connectivity index (χ4v) is 4.11. The molecule has 0 unspecified atom stereocenters. The van der Waals surface area contributed by atoms with Crippen LogP contribution in [-0.4, -0.2) is 68.5 Å². The number of rotatable bonds is 6. The van der Waals surface area contributed by atoms with Crippen LogP contribution >= 0.6 is 11.3 Å². The number of nitrogens with one attached hydrogen (secondary N) is 1. The van der Waals surface area contributed by atoms with Gasteiger partial charge in [0.25, 0.3) is 5.91 Å². The number of thiophene rings is 1. The number of amides is 1. The maximum Gasteiger partial charge on any atom is 0.264 e. The number of ether oxygens (including phenoxy) is 1. The largest absolute Gasteiger partial charge is 0.392 e. The molecule has 0 spiro atoms. The van der Waals surface area contributed by atoms with Crippen LogP contribution < -0.4 is 4.72 Å². The molecule has 1 saturated heterocycles. The second-order valence-electron chi connectivity index (χ2n) is 5.20. The van der Waals surface area contributed by atoms with E-state index in [1.54, 1.807) is 17.0 Å². The molecule has 1 aliphatic rings. The van der Waals surface area contributed by atoms with Crippen molar-refractivity contribution in [2.75, 3.05) is 32.0 Å². The summed E-state index contributed by atoms with van der Waals surface area (Å²) in [5.41, 5.74) is 0. The molecule has 22 heavy (non-hydrogen) atoms. The van der Waals surface area contributed by atoms with Crippen LogP contribution in [0.3, 0.4) is 0 Å². The highest BCUT2D eigenvalue weighted by atomic mass is 32.2. The molecule has 1 aromatic heterocycles. The van der Waals surface area contributed by atoms with Crippen molar-refractivity contribution in [1.29, 1.82) is 0 Å². The normalized spacial score (nSPS) is 20.8. The van der Waals surface area contributed by atoms with Crippen molar-refractivity contribution in [1.82, 2.24) is 9.62 Å². The number of nitrogens with zero attached hydrogens (tertiary/aromatic N) is 1. The molecule has 7 nitrogen and oxygen atoms in total. The Kier molecular flexibility index (Phi) is 5.93. The zero-order valence-corrected chi connectivity index (χ0v) is 13.9. The van der Waals surface area contributed by atoms with E-state index in [9.17, 15) is 13.2 Å². The quantitative estimate of drug-likeness (QED) is 0.748. The Morgan fingerprint density at radius 3 is 3.05 bits per heavy atom. The minimum Gasteiger partial charge on any atom is -0.392 e. The molecule has 0 radical (unpaired) electrons. The van der Waals surface area contributed by atoms with Crippen molar-refractivity contribution < 1.29 is 23.1 Å². The van der Waals surface area contributed by atoms with Gasteiger partial charge in [-0.3, -0.25) is 4.79 Å². The van der Waals surface area contributed by atoms with Gasteiger partial charge in [0.1, 0.15) is 0 Å². The third kappa shape index (κ3) is 5.03. The average Bonchev–Trinajstić information content (AvgIpc) is 2.98. The molecule has 9 heteroatoms. The van der Waals surface area contributed by atoms with Crippen LogP contribution in [0.5, 0.6) is 0 Å². The van der Waals surface area contributed by atoms with Gasteiger partial charge in [-0.2, -0.15) is 0 Å². The minimum atomic E-state index is -3.55. The molecule has 2 atom stereocenters. The molecular formula is C13H20N2O5S2. The van der Waals surface area contributed by atoms with E-state index in [2.05, 4.69) is 4.72 Å². The lowest BCUT2D eigenvalue weighted by Gasteiger charge is -2.32. The van der Waals surface area contributed by atoms with Crippen LogP contribution in [0.15, 0.2) is 17.5 Å². The molecule has 0 bridgehead atoms. The predicted molar refractivity (Wildman–Crippen MR) is 83.4 cm³/mol. The molecule has 2 rings (SSSR count). The summed E-state index contributed by atoms with van der Waals surface area (Å²) in [5, 5.41) is 11.0. The molecule has 0 aliphatic carbocycles. The van der Waals surface area contributed by atoms with E-state index in [0.717, 1.165) is 0 Å². The molecule has 0 aromatic carbocycles. The molecular weight excluding hydrogens is 328 g/mol. The number of morpholine rings is 1. The average molecular weight is 348 g/mol. The number of sulfonamides is 1. The zero-order valence-electron chi connectivity index (χ0n) is 12.3. The maximum absolute atomic E-state index is 12.3. The first-order valence-corrected chi connectivity index (χ1v) is 9.50. The van der Waals surface area contributed by atoms with E-state index in [-0.39, 0.29) is 24.7 Å². The number of carbonyl (C=O) groups excluding carboxylic acids is 1. The fourth-order valence-electron chi connectivity index (χ4n) is 2.11. The number of carbonyl (C=O) groups is 1. The van der Waals surface area contributed by atoms with E-state index >= 15 is 0 Å². The second kappa shape index (κ2) is 7.51. The molecule has 2 N–H and O–H groups in total. The first-order chi connectivity index (χ1) is 10.4. The van der Waals surface area contributed by atoms with Crippen LogP contribution in [0, 0.1) is 0 Å². The maximum atomic E-state index is 12.3. The van der Waals surface area contributed by atoms with Crippen molar-refractivity contribution in [3.8, 4) is 0 Å². The summed E-state index contributed by atoms with van der Waals surface area (Å²) >= 11 is 1.36. The van der Waals surface area contributed by atoms with Gasteiger partial charge in [-0.15, -0.1) is 11.3 Å². The van der Waals surface area contributed by atoms with Gasteiger partial charge >= 0.3 is 0 Å². The Balaban J connectivity index is 1.92. The second-order valence-corrected chi connectivity index (χ2v) is 8.00. The van der Waals surface area contributed by atoms with Crippen LogP contribution in [0.4, 0.5) is 0 Å². The Bertz CT molecular complexity index is 586. The highest BCUT2D eigenvalue weighted by molar-refractivity contribution is 7.89.